The van der Waals surface area contributed by atoms with E-state index in [1.807, 2.05) is 51.2 Å². The lowest BCUT2D eigenvalue weighted by atomic mass is 9.88. The van der Waals surface area contributed by atoms with Crippen LogP contribution in [0.5, 0.6) is 0 Å². The molecule has 21 heavy (non-hydrogen) atoms. The van der Waals surface area contributed by atoms with Gasteiger partial charge < -0.3 is 9.47 Å². The van der Waals surface area contributed by atoms with Crippen LogP contribution in [0.1, 0.15) is 32.3 Å². The van der Waals surface area contributed by atoms with Crippen LogP contribution in [0.2, 0.25) is 0 Å². The third-order valence-electron chi connectivity index (χ3n) is 3.91. The van der Waals surface area contributed by atoms with E-state index in [-0.39, 0.29) is 5.60 Å². The van der Waals surface area contributed by atoms with Crippen molar-refractivity contribution in [3.8, 4) is 6.07 Å². The molecule has 0 radical (unpaired) electrons. The van der Waals surface area contributed by atoms with E-state index >= 15 is 0 Å². The van der Waals surface area contributed by atoms with Gasteiger partial charge in [-0.2, -0.15) is 5.26 Å². The lowest BCUT2D eigenvalue weighted by molar-refractivity contribution is -0.0113. The van der Waals surface area contributed by atoms with Crippen molar-refractivity contribution < 1.29 is 9.47 Å². The van der Waals surface area contributed by atoms with Gasteiger partial charge >= 0.3 is 0 Å². The summed E-state index contributed by atoms with van der Waals surface area (Å²) < 4.78 is 11.0. The van der Waals surface area contributed by atoms with Crippen LogP contribution in [0.4, 0.5) is 0 Å². The van der Waals surface area contributed by atoms with Gasteiger partial charge in [0.1, 0.15) is 5.54 Å². The summed E-state index contributed by atoms with van der Waals surface area (Å²) in [5, 5.41) is 12.7. The molecule has 0 aromatic heterocycles. The zero-order valence-electron chi connectivity index (χ0n) is 13.5. The highest BCUT2D eigenvalue weighted by atomic mass is 16.5. The summed E-state index contributed by atoms with van der Waals surface area (Å²) in [7, 11) is 3.52. The zero-order chi connectivity index (χ0) is 15.8. The number of nitriles is 1. The molecule has 0 heterocycles. The second-order valence-electron chi connectivity index (χ2n) is 5.71. The Morgan fingerprint density at radius 3 is 2.29 bits per heavy atom. The maximum Gasteiger partial charge on any atom is 0.134 e. The molecule has 116 valence electrons. The van der Waals surface area contributed by atoms with Gasteiger partial charge in [0, 0.05) is 26.7 Å². The zero-order valence-corrected chi connectivity index (χ0v) is 13.5. The van der Waals surface area contributed by atoms with Crippen LogP contribution >= 0.6 is 0 Å². The van der Waals surface area contributed by atoms with E-state index in [0.29, 0.717) is 19.6 Å². The Labute approximate surface area is 128 Å². The smallest absolute Gasteiger partial charge is 0.134 e. The number of hydrogen-bond acceptors (Lipinski definition) is 4. The van der Waals surface area contributed by atoms with E-state index in [9.17, 15) is 5.26 Å². The molecular weight excluding hydrogens is 264 g/mol. The number of ether oxygens (including phenoxy) is 2. The molecule has 0 aliphatic heterocycles. The molecule has 1 unspecified atom stereocenters. The van der Waals surface area contributed by atoms with Crippen molar-refractivity contribution in [2.75, 3.05) is 27.4 Å². The molecule has 1 aromatic rings. The molecule has 1 N–H and O–H groups in total. The predicted molar refractivity (Wildman–Crippen MR) is 83.9 cm³/mol. The van der Waals surface area contributed by atoms with Crippen molar-refractivity contribution in [2.45, 2.75) is 37.8 Å². The topological polar surface area (TPSA) is 54.3 Å². The van der Waals surface area contributed by atoms with E-state index in [2.05, 4.69) is 11.4 Å². The van der Waals surface area contributed by atoms with Gasteiger partial charge in [-0.25, -0.2) is 0 Å². The molecule has 4 heteroatoms. The van der Waals surface area contributed by atoms with E-state index in [1.54, 1.807) is 7.11 Å². The van der Waals surface area contributed by atoms with Gasteiger partial charge in [-0.3, -0.25) is 5.32 Å². The Hall–Kier alpha value is -1.41. The lowest BCUT2D eigenvalue weighted by Crippen LogP contribution is -2.39. The molecule has 0 aliphatic rings. The molecule has 0 aliphatic carbocycles. The summed E-state index contributed by atoms with van der Waals surface area (Å²) >= 11 is 0. The molecule has 0 saturated carbocycles. The van der Waals surface area contributed by atoms with Gasteiger partial charge in [0.15, 0.2) is 0 Å². The fraction of sp³-hybridized carbons (Fsp3) is 0.588. The van der Waals surface area contributed by atoms with Gasteiger partial charge in [-0.15, -0.1) is 0 Å². The predicted octanol–water partition coefficient (Wildman–Crippen LogP) is 2.85. The molecule has 1 rings (SSSR count). The monoisotopic (exact) mass is 290 g/mol. The Bertz CT molecular complexity index is 454. The SMILES string of the molecule is CNC(C#N)(CCOCCC(C)(C)OC)c1ccccc1. The molecule has 0 amide bonds. The minimum Gasteiger partial charge on any atom is -0.381 e. The van der Waals surface area contributed by atoms with Crippen LogP contribution in [0.25, 0.3) is 0 Å². The molecule has 1 atom stereocenters. The maximum absolute atomic E-state index is 9.57. The van der Waals surface area contributed by atoms with E-state index in [4.69, 9.17) is 9.47 Å². The Kier molecular flexibility index (Phi) is 6.83. The van der Waals surface area contributed by atoms with E-state index < -0.39 is 5.54 Å². The first-order valence-electron chi connectivity index (χ1n) is 7.28. The summed E-state index contributed by atoms with van der Waals surface area (Å²) in [6.07, 6.45) is 1.44. The van der Waals surface area contributed by atoms with Gasteiger partial charge in [0.2, 0.25) is 0 Å². The number of methoxy groups -OCH3 is 1. The van der Waals surface area contributed by atoms with Gasteiger partial charge in [0.25, 0.3) is 0 Å². The minimum atomic E-state index is -0.696. The number of nitrogens with one attached hydrogen (secondary N) is 1. The Morgan fingerprint density at radius 1 is 1.14 bits per heavy atom. The summed E-state index contributed by atoms with van der Waals surface area (Å²) in [6.45, 7) is 5.23. The van der Waals surface area contributed by atoms with Crippen molar-refractivity contribution in [2.24, 2.45) is 0 Å². The van der Waals surface area contributed by atoms with Crippen molar-refractivity contribution in [3.05, 3.63) is 35.9 Å². The van der Waals surface area contributed by atoms with E-state index in [1.165, 1.54) is 0 Å². The standard InChI is InChI=1S/C17H26N2O2/c1-16(2,20-4)10-12-21-13-11-17(14-18,19-3)15-8-6-5-7-9-15/h5-9,19H,10-13H2,1-4H3. The highest BCUT2D eigenvalue weighted by Gasteiger charge is 2.30. The third kappa shape index (κ3) is 5.13. The normalized spacial score (nSPS) is 14.4. The molecule has 4 nitrogen and oxygen atoms in total. The average molecular weight is 290 g/mol. The fourth-order valence-corrected chi connectivity index (χ4v) is 2.06. The largest absolute Gasteiger partial charge is 0.381 e. The number of benzene rings is 1. The van der Waals surface area contributed by atoms with Gasteiger partial charge in [-0.1, -0.05) is 30.3 Å². The summed E-state index contributed by atoms with van der Waals surface area (Å²) in [5.74, 6) is 0. The Morgan fingerprint density at radius 2 is 1.76 bits per heavy atom. The van der Waals surface area contributed by atoms with Crippen molar-refractivity contribution in [3.63, 3.8) is 0 Å². The molecule has 0 spiro atoms. The van der Waals surface area contributed by atoms with Gasteiger partial charge in [-0.05, 0) is 32.9 Å². The molecule has 0 bridgehead atoms. The van der Waals surface area contributed by atoms with E-state index in [0.717, 1.165) is 12.0 Å². The van der Waals surface area contributed by atoms with Gasteiger partial charge in [0.05, 0.1) is 11.7 Å². The summed E-state index contributed by atoms with van der Waals surface area (Å²) in [4.78, 5) is 0. The van der Waals surface area contributed by atoms with Crippen molar-refractivity contribution >= 4 is 0 Å². The molecule has 0 saturated heterocycles. The van der Waals surface area contributed by atoms with Crippen LogP contribution in [0.15, 0.2) is 30.3 Å². The second kappa shape index (κ2) is 8.14. The molecular formula is C17H26N2O2. The number of rotatable bonds is 9. The summed E-state index contributed by atoms with van der Waals surface area (Å²) in [6, 6.07) is 12.2. The maximum atomic E-state index is 9.57. The number of nitrogens with zero attached hydrogens (tertiary/aromatic N) is 1. The molecule has 1 aromatic carbocycles. The lowest BCUT2D eigenvalue weighted by Gasteiger charge is -2.27. The van der Waals surface area contributed by atoms with Crippen LogP contribution in [0.3, 0.4) is 0 Å². The third-order valence-corrected chi connectivity index (χ3v) is 3.91. The first kappa shape index (κ1) is 17.6. The van der Waals surface area contributed by atoms with Crippen LogP contribution in [0, 0.1) is 11.3 Å². The summed E-state index contributed by atoms with van der Waals surface area (Å²) in [5.41, 5.74) is 0.100. The first-order chi connectivity index (χ1) is 9.99. The van der Waals surface area contributed by atoms with Crippen molar-refractivity contribution in [1.29, 1.82) is 5.26 Å². The van der Waals surface area contributed by atoms with Crippen LogP contribution < -0.4 is 5.32 Å². The highest BCUT2D eigenvalue weighted by Crippen LogP contribution is 2.24. The van der Waals surface area contributed by atoms with Crippen LogP contribution in [-0.4, -0.2) is 33.0 Å². The number of hydrogen-bond donors (Lipinski definition) is 1. The molecule has 0 fully saturated rings. The fourth-order valence-electron chi connectivity index (χ4n) is 2.06. The minimum absolute atomic E-state index is 0.172. The first-order valence-corrected chi connectivity index (χ1v) is 7.28. The van der Waals surface area contributed by atoms with Crippen LogP contribution in [-0.2, 0) is 15.0 Å². The average Bonchev–Trinajstić information content (AvgIpc) is 2.52. The Balaban J connectivity index is 2.52. The second-order valence-corrected chi connectivity index (χ2v) is 5.71. The quantitative estimate of drug-likeness (QED) is 0.711. The van der Waals surface area contributed by atoms with Crippen molar-refractivity contribution in [1.82, 2.24) is 5.32 Å². The highest BCUT2D eigenvalue weighted by molar-refractivity contribution is 5.31.